The topological polar surface area (TPSA) is 47.7 Å². The van der Waals surface area contributed by atoms with Crippen LogP contribution in [0.15, 0.2) is 18.2 Å². The van der Waals surface area contributed by atoms with Gasteiger partial charge in [-0.15, -0.1) is 0 Å². The standard InChI is InChI=1S/C16H24N2O2/c1-2-19-14-4-3-13-5-6-16(20-15(13)11-14)7-9-18(12-16)10-8-17/h3-4,11H,2,5-10,12,17H2,1H3. The second kappa shape index (κ2) is 5.62. The first kappa shape index (κ1) is 13.7. The maximum atomic E-state index is 6.38. The molecule has 0 amide bonds. The van der Waals surface area contributed by atoms with E-state index in [1.807, 2.05) is 19.1 Å². The molecule has 0 radical (unpaired) electrons. The second-order valence-electron chi connectivity index (χ2n) is 5.80. The van der Waals surface area contributed by atoms with Gasteiger partial charge in [-0.1, -0.05) is 6.07 Å². The monoisotopic (exact) mass is 276 g/mol. The molecule has 0 aliphatic carbocycles. The summed E-state index contributed by atoms with van der Waals surface area (Å²) in [5.41, 5.74) is 6.95. The van der Waals surface area contributed by atoms with Crippen molar-refractivity contribution in [2.75, 3.05) is 32.8 Å². The molecule has 4 nitrogen and oxygen atoms in total. The van der Waals surface area contributed by atoms with Gasteiger partial charge in [0, 0.05) is 38.7 Å². The van der Waals surface area contributed by atoms with Crippen LogP contribution in [0.5, 0.6) is 11.5 Å². The molecule has 1 unspecified atom stereocenters. The summed E-state index contributed by atoms with van der Waals surface area (Å²) in [5.74, 6) is 1.91. The van der Waals surface area contributed by atoms with Gasteiger partial charge >= 0.3 is 0 Å². The zero-order chi connectivity index (χ0) is 14.0. The molecule has 20 heavy (non-hydrogen) atoms. The van der Waals surface area contributed by atoms with E-state index in [-0.39, 0.29) is 5.60 Å². The lowest BCUT2D eigenvalue weighted by Crippen LogP contribution is -2.42. The lowest BCUT2D eigenvalue weighted by molar-refractivity contribution is 0.0546. The highest BCUT2D eigenvalue weighted by Gasteiger charge is 2.42. The first-order valence-corrected chi connectivity index (χ1v) is 7.62. The molecule has 2 aliphatic heterocycles. The minimum Gasteiger partial charge on any atom is -0.494 e. The summed E-state index contributed by atoms with van der Waals surface area (Å²) in [6.45, 7) is 6.48. The van der Waals surface area contributed by atoms with E-state index in [9.17, 15) is 0 Å². The summed E-state index contributed by atoms with van der Waals surface area (Å²) >= 11 is 0. The number of hydrogen-bond donors (Lipinski definition) is 1. The van der Waals surface area contributed by atoms with E-state index >= 15 is 0 Å². The van der Waals surface area contributed by atoms with Crippen LogP contribution in [0.4, 0.5) is 0 Å². The summed E-state index contributed by atoms with van der Waals surface area (Å²) < 4.78 is 12.0. The van der Waals surface area contributed by atoms with Gasteiger partial charge in [-0.2, -0.15) is 0 Å². The minimum atomic E-state index is -0.00694. The number of ether oxygens (including phenoxy) is 2. The second-order valence-corrected chi connectivity index (χ2v) is 5.80. The molecule has 1 aromatic rings. The summed E-state index contributed by atoms with van der Waals surface area (Å²) in [5, 5.41) is 0. The van der Waals surface area contributed by atoms with E-state index in [0.717, 1.165) is 56.9 Å². The Kier molecular flexibility index (Phi) is 3.85. The van der Waals surface area contributed by atoms with Gasteiger partial charge in [0.05, 0.1) is 6.61 Å². The molecule has 110 valence electrons. The number of aryl methyl sites for hydroxylation is 1. The molecule has 1 spiro atoms. The molecule has 3 rings (SSSR count). The van der Waals surface area contributed by atoms with Crippen LogP contribution < -0.4 is 15.2 Å². The van der Waals surface area contributed by atoms with E-state index in [1.165, 1.54) is 5.56 Å². The van der Waals surface area contributed by atoms with Gasteiger partial charge in [0.25, 0.3) is 0 Å². The maximum absolute atomic E-state index is 6.38. The highest BCUT2D eigenvalue weighted by molar-refractivity contribution is 5.43. The van der Waals surface area contributed by atoms with E-state index in [0.29, 0.717) is 6.61 Å². The zero-order valence-electron chi connectivity index (χ0n) is 12.2. The van der Waals surface area contributed by atoms with Crippen molar-refractivity contribution in [2.24, 2.45) is 5.73 Å². The number of hydrogen-bond acceptors (Lipinski definition) is 4. The van der Waals surface area contributed by atoms with Gasteiger partial charge in [0.1, 0.15) is 17.1 Å². The Morgan fingerprint density at radius 2 is 2.30 bits per heavy atom. The smallest absolute Gasteiger partial charge is 0.127 e. The normalized spacial score (nSPS) is 25.5. The van der Waals surface area contributed by atoms with E-state index in [2.05, 4.69) is 11.0 Å². The maximum Gasteiger partial charge on any atom is 0.127 e. The number of fused-ring (bicyclic) bond motifs is 1. The fourth-order valence-corrected chi connectivity index (χ4v) is 3.33. The Labute approximate surface area is 120 Å². The third kappa shape index (κ3) is 2.63. The van der Waals surface area contributed by atoms with Crippen LogP contribution in [0, 0.1) is 0 Å². The molecule has 0 saturated carbocycles. The summed E-state index contributed by atoms with van der Waals surface area (Å²) in [4.78, 5) is 2.41. The van der Waals surface area contributed by atoms with Gasteiger partial charge in [-0.3, -0.25) is 4.90 Å². The van der Waals surface area contributed by atoms with Gasteiger partial charge in [-0.05, 0) is 31.4 Å². The minimum absolute atomic E-state index is 0.00694. The average molecular weight is 276 g/mol. The molecule has 1 aromatic carbocycles. The molecule has 1 atom stereocenters. The lowest BCUT2D eigenvalue weighted by atomic mass is 9.90. The van der Waals surface area contributed by atoms with Crippen molar-refractivity contribution >= 4 is 0 Å². The zero-order valence-corrected chi connectivity index (χ0v) is 12.2. The fourth-order valence-electron chi connectivity index (χ4n) is 3.33. The number of rotatable bonds is 4. The van der Waals surface area contributed by atoms with Crippen LogP contribution in [-0.4, -0.2) is 43.3 Å². The van der Waals surface area contributed by atoms with Crippen LogP contribution in [0.3, 0.4) is 0 Å². The third-order valence-corrected chi connectivity index (χ3v) is 4.37. The number of likely N-dealkylation sites (tertiary alicyclic amines) is 1. The molecule has 0 bridgehead atoms. The first-order chi connectivity index (χ1) is 9.74. The fraction of sp³-hybridized carbons (Fsp3) is 0.625. The van der Waals surface area contributed by atoms with Crippen molar-refractivity contribution < 1.29 is 9.47 Å². The van der Waals surface area contributed by atoms with Crippen molar-refractivity contribution in [1.29, 1.82) is 0 Å². The van der Waals surface area contributed by atoms with Gasteiger partial charge < -0.3 is 15.2 Å². The van der Waals surface area contributed by atoms with Gasteiger partial charge in [0.15, 0.2) is 0 Å². The van der Waals surface area contributed by atoms with Crippen LogP contribution in [0.2, 0.25) is 0 Å². The van der Waals surface area contributed by atoms with Gasteiger partial charge in [-0.25, -0.2) is 0 Å². The van der Waals surface area contributed by atoms with E-state index < -0.39 is 0 Å². The Morgan fingerprint density at radius 1 is 1.40 bits per heavy atom. The van der Waals surface area contributed by atoms with E-state index in [4.69, 9.17) is 15.2 Å². The van der Waals surface area contributed by atoms with Crippen LogP contribution in [0.25, 0.3) is 0 Å². The number of nitrogens with zero attached hydrogens (tertiary/aromatic N) is 1. The Balaban J connectivity index is 1.75. The number of benzene rings is 1. The van der Waals surface area contributed by atoms with Crippen LogP contribution in [-0.2, 0) is 6.42 Å². The SMILES string of the molecule is CCOc1ccc2c(c1)OC1(CC2)CCN(CCN)C1. The molecule has 1 saturated heterocycles. The van der Waals surface area contributed by atoms with E-state index in [1.54, 1.807) is 0 Å². The Morgan fingerprint density at radius 3 is 3.10 bits per heavy atom. The molecule has 0 aromatic heterocycles. The largest absolute Gasteiger partial charge is 0.494 e. The first-order valence-electron chi connectivity index (χ1n) is 7.62. The molecule has 1 fully saturated rings. The molecular weight excluding hydrogens is 252 g/mol. The highest BCUT2D eigenvalue weighted by Crippen LogP contribution is 2.40. The van der Waals surface area contributed by atoms with Crippen LogP contribution in [0.1, 0.15) is 25.3 Å². The molecule has 2 aliphatic rings. The van der Waals surface area contributed by atoms with Gasteiger partial charge in [0.2, 0.25) is 0 Å². The van der Waals surface area contributed by atoms with Crippen molar-refractivity contribution in [3.63, 3.8) is 0 Å². The Hall–Kier alpha value is -1.26. The Bertz CT molecular complexity index is 478. The lowest BCUT2D eigenvalue weighted by Gasteiger charge is -2.36. The van der Waals surface area contributed by atoms with Crippen molar-refractivity contribution in [3.05, 3.63) is 23.8 Å². The predicted molar refractivity (Wildman–Crippen MR) is 79.4 cm³/mol. The van der Waals surface area contributed by atoms with Crippen molar-refractivity contribution in [2.45, 2.75) is 31.8 Å². The quantitative estimate of drug-likeness (QED) is 0.911. The highest BCUT2D eigenvalue weighted by atomic mass is 16.5. The number of nitrogens with two attached hydrogens (primary N) is 1. The molecule has 2 N–H and O–H groups in total. The third-order valence-electron chi connectivity index (χ3n) is 4.37. The molecule has 2 heterocycles. The summed E-state index contributed by atoms with van der Waals surface area (Å²) in [6.07, 6.45) is 3.30. The van der Waals surface area contributed by atoms with Crippen molar-refractivity contribution in [1.82, 2.24) is 4.90 Å². The predicted octanol–water partition coefficient (Wildman–Crippen LogP) is 1.81. The van der Waals surface area contributed by atoms with Crippen LogP contribution >= 0.6 is 0 Å². The summed E-state index contributed by atoms with van der Waals surface area (Å²) in [7, 11) is 0. The summed E-state index contributed by atoms with van der Waals surface area (Å²) in [6, 6.07) is 6.23. The molecule has 4 heteroatoms. The average Bonchev–Trinajstić information content (AvgIpc) is 2.82. The molecular formula is C16H24N2O2. The van der Waals surface area contributed by atoms with Crippen molar-refractivity contribution in [3.8, 4) is 11.5 Å².